The van der Waals surface area contributed by atoms with Crippen molar-refractivity contribution in [2.24, 2.45) is 0 Å². The Morgan fingerprint density at radius 1 is 1.40 bits per heavy atom. The molecule has 7 heteroatoms. The highest BCUT2D eigenvalue weighted by atomic mass is 79.9. The van der Waals surface area contributed by atoms with Crippen molar-refractivity contribution in [2.45, 2.75) is 6.92 Å². The highest BCUT2D eigenvalue weighted by Gasteiger charge is 2.16. The maximum atomic E-state index is 11.3. The molecule has 102 valence electrons. The lowest BCUT2D eigenvalue weighted by atomic mass is 10.2. The molecule has 0 fully saturated rings. The highest BCUT2D eigenvalue weighted by molar-refractivity contribution is 9.10. The molecule has 0 aliphatic heterocycles. The first kappa shape index (κ1) is 14.1. The number of aromatic nitrogens is 1. The second-order valence-corrected chi connectivity index (χ2v) is 4.68. The van der Waals surface area contributed by atoms with Crippen molar-refractivity contribution in [3.63, 3.8) is 0 Å². The van der Waals surface area contributed by atoms with Gasteiger partial charge in [-0.05, 0) is 35.0 Å². The van der Waals surface area contributed by atoms with Gasteiger partial charge in [0.2, 0.25) is 5.88 Å². The molecule has 0 saturated heterocycles. The number of ether oxygens (including phenoxy) is 1. The molecule has 2 aromatic rings. The van der Waals surface area contributed by atoms with Crippen LogP contribution in [0.4, 0.5) is 5.69 Å². The van der Waals surface area contributed by atoms with Gasteiger partial charge in [0.1, 0.15) is 4.47 Å². The van der Waals surface area contributed by atoms with E-state index in [9.17, 15) is 14.9 Å². The average molecular weight is 337 g/mol. The number of nitro groups is 1. The van der Waals surface area contributed by atoms with E-state index in [-0.39, 0.29) is 27.6 Å². The van der Waals surface area contributed by atoms with E-state index < -0.39 is 4.92 Å². The van der Waals surface area contributed by atoms with E-state index in [0.717, 1.165) is 0 Å². The summed E-state index contributed by atoms with van der Waals surface area (Å²) in [5, 5.41) is 10.8. The lowest BCUT2D eigenvalue weighted by molar-refractivity contribution is -0.385. The van der Waals surface area contributed by atoms with Gasteiger partial charge in [0.05, 0.1) is 4.92 Å². The Kier molecular flexibility index (Phi) is 4.09. The summed E-state index contributed by atoms with van der Waals surface area (Å²) in [5.74, 6) is 0.335. The number of benzene rings is 1. The molecule has 1 aromatic heterocycles. The van der Waals surface area contributed by atoms with E-state index in [1.807, 2.05) is 0 Å². The molecule has 1 heterocycles. The zero-order valence-electron chi connectivity index (χ0n) is 10.4. The smallest absolute Gasteiger partial charge is 0.287 e. The van der Waals surface area contributed by atoms with Gasteiger partial charge < -0.3 is 4.74 Å². The van der Waals surface area contributed by atoms with Crippen LogP contribution in [0.15, 0.2) is 41.0 Å². The summed E-state index contributed by atoms with van der Waals surface area (Å²) in [7, 11) is 0. The third kappa shape index (κ3) is 3.00. The van der Waals surface area contributed by atoms with Crippen LogP contribution in [0.25, 0.3) is 0 Å². The number of carbonyl (C=O) groups is 1. The normalized spacial score (nSPS) is 10.1. The lowest BCUT2D eigenvalue weighted by Crippen LogP contribution is -1.96. The van der Waals surface area contributed by atoms with Gasteiger partial charge in [-0.15, -0.1) is 0 Å². The molecule has 0 amide bonds. The minimum Gasteiger partial charge on any atom is -0.438 e. The van der Waals surface area contributed by atoms with Crippen LogP contribution in [-0.2, 0) is 0 Å². The molecule has 0 bridgehead atoms. The van der Waals surface area contributed by atoms with E-state index >= 15 is 0 Å². The predicted molar refractivity (Wildman–Crippen MR) is 75.1 cm³/mol. The largest absolute Gasteiger partial charge is 0.438 e. The molecular formula is C13H9BrN2O4. The molecular weight excluding hydrogens is 328 g/mol. The summed E-state index contributed by atoms with van der Waals surface area (Å²) in [5.41, 5.74) is 0.349. The van der Waals surface area contributed by atoms with Crippen LogP contribution in [0.3, 0.4) is 0 Å². The fraction of sp³-hybridized carbons (Fsp3) is 0.0769. The third-order valence-electron chi connectivity index (χ3n) is 2.50. The molecule has 20 heavy (non-hydrogen) atoms. The first-order valence-corrected chi connectivity index (χ1v) is 6.36. The van der Waals surface area contributed by atoms with Crippen molar-refractivity contribution in [3.8, 4) is 11.6 Å². The van der Waals surface area contributed by atoms with Crippen molar-refractivity contribution in [3.05, 3.63) is 56.7 Å². The Hall–Kier alpha value is -2.28. The number of nitro benzene ring substituents is 1. The summed E-state index contributed by atoms with van der Waals surface area (Å²) in [6.45, 7) is 1.43. The topological polar surface area (TPSA) is 82.3 Å². The Bertz CT molecular complexity index is 688. The molecule has 2 rings (SSSR count). The number of nitrogens with zero attached hydrogens (tertiary/aromatic N) is 2. The molecule has 0 radical (unpaired) electrons. The number of hydrogen-bond acceptors (Lipinski definition) is 5. The molecule has 0 aliphatic carbocycles. The van der Waals surface area contributed by atoms with Gasteiger partial charge in [0, 0.05) is 23.9 Å². The van der Waals surface area contributed by atoms with Crippen molar-refractivity contribution < 1.29 is 14.5 Å². The second-order valence-electron chi connectivity index (χ2n) is 3.89. The van der Waals surface area contributed by atoms with Crippen LogP contribution < -0.4 is 4.74 Å². The summed E-state index contributed by atoms with van der Waals surface area (Å²) >= 11 is 3.13. The van der Waals surface area contributed by atoms with Crippen LogP contribution in [0.5, 0.6) is 11.6 Å². The predicted octanol–water partition coefficient (Wildman–Crippen LogP) is 3.75. The van der Waals surface area contributed by atoms with Gasteiger partial charge in [0.25, 0.3) is 5.69 Å². The number of pyridine rings is 1. The minimum atomic E-state index is -0.517. The van der Waals surface area contributed by atoms with E-state index in [2.05, 4.69) is 20.9 Å². The lowest BCUT2D eigenvalue weighted by Gasteiger charge is -2.07. The first-order chi connectivity index (χ1) is 9.49. The minimum absolute atomic E-state index is 0.106. The molecule has 1 aromatic carbocycles. The van der Waals surface area contributed by atoms with Gasteiger partial charge in [-0.1, -0.05) is 6.07 Å². The monoisotopic (exact) mass is 336 g/mol. The molecule has 0 atom stereocenters. The zero-order valence-corrected chi connectivity index (χ0v) is 12.0. The average Bonchev–Trinajstić information content (AvgIpc) is 2.41. The Morgan fingerprint density at radius 2 is 2.15 bits per heavy atom. The summed E-state index contributed by atoms with van der Waals surface area (Å²) in [6.07, 6.45) is 1.44. The Labute approximate surface area is 122 Å². The molecule has 0 unspecified atom stereocenters. The number of rotatable bonds is 4. The molecule has 6 nitrogen and oxygen atoms in total. The fourth-order valence-corrected chi connectivity index (χ4v) is 2.01. The number of halogens is 1. The SMILES string of the molecule is CC(=O)c1ccnc(Oc2cccc([N+](=O)[O-])c2Br)c1. The van der Waals surface area contributed by atoms with E-state index in [1.54, 1.807) is 12.1 Å². The van der Waals surface area contributed by atoms with Crippen LogP contribution in [0.2, 0.25) is 0 Å². The van der Waals surface area contributed by atoms with E-state index in [0.29, 0.717) is 5.56 Å². The molecule has 0 saturated carbocycles. The van der Waals surface area contributed by atoms with Crippen molar-refractivity contribution >= 4 is 27.4 Å². The van der Waals surface area contributed by atoms with E-state index in [4.69, 9.17) is 4.74 Å². The number of hydrogen-bond donors (Lipinski definition) is 0. The van der Waals surface area contributed by atoms with E-state index in [1.165, 1.54) is 31.3 Å². The summed E-state index contributed by atoms with van der Waals surface area (Å²) in [6, 6.07) is 7.48. The Balaban J connectivity index is 2.35. The van der Waals surface area contributed by atoms with Crippen LogP contribution in [0, 0.1) is 10.1 Å². The second kappa shape index (κ2) is 5.79. The Morgan fingerprint density at radius 3 is 2.80 bits per heavy atom. The number of ketones is 1. The highest BCUT2D eigenvalue weighted by Crippen LogP contribution is 2.35. The maximum Gasteiger partial charge on any atom is 0.287 e. The first-order valence-electron chi connectivity index (χ1n) is 5.57. The summed E-state index contributed by atoms with van der Waals surface area (Å²) < 4.78 is 5.70. The van der Waals surface area contributed by atoms with Crippen molar-refractivity contribution in [1.29, 1.82) is 0 Å². The van der Waals surface area contributed by atoms with Gasteiger partial charge in [-0.25, -0.2) is 4.98 Å². The van der Waals surface area contributed by atoms with Crippen molar-refractivity contribution in [1.82, 2.24) is 4.98 Å². The maximum absolute atomic E-state index is 11.3. The van der Waals surface area contributed by atoms with Crippen molar-refractivity contribution in [2.75, 3.05) is 0 Å². The number of Topliss-reactive ketones (excluding diaryl/α,β-unsaturated/α-hetero) is 1. The molecule has 0 spiro atoms. The van der Waals surface area contributed by atoms with Crippen LogP contribution in [-0.4, -0.2) is 15.7 Å². The molecule has 0 N–H and O–H groups in total. The van der Waals surface area contributed by atoms with Crippen LogP contribution in [0.1, 0.15) is 17.3 Å². The van der Waals surface area contributed by atoms with Gasteiger partial charge in [0.15, 0.2) is 11.5 Å². The third-order valence-corrected chi connectivity index (χ3v) is 3.29. The molecule has 0 aliphatic rings. The zero-order chi connectivity index (χ0) is 14.7. The van der Waals surface area contributed by atoms with Crippen LogP contribution >= 0.6 is 15.9 Å². The summed E-state index contributed by atoms with van der Waals surface area (Å²) in [4.78, 5) is 25.6. The quantitative estimate of drug-likeness (QED) is 0.482. The van der Waals surface area contributed by atoms with Gasteiger partial charge in [-0.2, -0.15) is 0 Å². The fourth-order valence-electron chi connectivity index (χ4n) is 1.52. The number of carbonyl (C=O) groups excluding carboxylic acids is 1. The van der Waals surface area contributed by atoms with Gasteiger partial charge in [-0.3, -0.25) is 14.9 Å². The van der Waals surface area contributed by atoms with Gasteiger partial charge >= 0.3 is 0 Å². The standard InChI is InChI=1S/C13H9BrN2O4/c1-8(17)9-5-6-15-12(7-9)20-11-4-2-3-10(13(11)14)16(18)19/h2-7H,1H3.